The van der Waals surface area contributed by atoms with E-state index in [9.17, 15) is 9.59 Å². The molecule has 228 valence electrons. The van der Waals surface area contributed by atoms with Crippen LogP contribution < -0.4 is 10.6 Å². The molecular formula is C35H51N5O2. The van der Waals surface area contributed by atoms with Crippen LogP contribution in [0.4, 0.5) is 5.82 Å². The van der Waals surface area contributed by atoms with E-state index in [0.29, 0.717) is 30.0 Å². The van der Waals surface area contributed by atoms with Crippen LogP contribution in [-0.4, -0.2) is 29.9 Å². The van der Waals surface area contributed by atoms with Gasteiger partial charge in [0, 0.05) is 24.8 Å². The molecule has 0 radical (unpaired) electrons. The number of carbonyl (C=O) groups is 2. The van der Waals surface area contributed by atoms with E-state index >= 15 is 0 Å². The van der Waals surface area contributed by atoms with Gasteiger partial charge in [-0.15, -0.1) is 5.11 Å². The molecule has 2 aliphatic carbocycles. The highest BCUT2D eigenvalue weighted by atomic mass is 16.2. The minimum atomic E-state index is -0.0969. The highest BCUT2D eigenvalue weighted by Gasteiger charge is 2.15. The first kappa shape index (κ1) is 31.8. The number of unbranched alkanes of at least 4 members (excludes halogenated alkanes) is 5. The van der Waals surface area contributed by atoms with E-state index in [0.717, 1.165) is 36.8 Å². The number of azo groups is 1. The second-order valence-electron chi connectivity index (χ2n) is 12.4. The van der Waals surface area contributed by atoms with Gasteiger partial charge < -0.3 is 10.6 Å². The van der Waals surface area contributed by atoms with Crippen LogP contribution in [-0.2, 0) is 6.54 Å². The molecule has 2 saturated carbocycles. The number of carbonyl (C=O) groups excluding carboxylic acids is 2. The lowest BCUT2D eigenvalue weighted by Crippen LogP contribution is -2.24. The summed E-state index contributed by atoms with van der Waals surface area (Å²) in [6.07, 6.45) is 23.9. The van der Waals surface area contributed by atoms with Gasteiger partial charge in [-0.3, -0.25) is 9.59 Å². The molecule has 7 nitrogen and oxygen atoms in total. The molecule has 4 rings (SSSR count). The van der Waals surface area contributed by atoms with E-state index in [1.807, 2.05) is 24.3 Å². The van der Waals surface area contributed by atoms with Crippen molar-refractivity contribution in [2.24, 2.45) is 22.1 Å². The van der Waals surface area contributed by atoms with Gasteiger partial charge in [0.2, 0.25) is 0 Å². The topological polar surface area (TPSA) is 95.8 Å². The summed E-state index contributed by atoms with van der Waals surface area (Å²) >= 11 is 0. The summed E-state index contributed by atoms with van der Waals surface area (Å²) in [5.74, 6) is 2.27. The first-order valence-electron chi connectivity index (χ1n) is 16.7. The lowest BCUT2D eigenvalue weighted by atomic mass is 9.99. The molecule has 0 spiro atoms. The van der Waals surface area contributed by atoms with Crippen molar-refractivity contribution >= 4 is 17.6 Å². The van der Waals surface area contributed by atoms with E-state index in [2.05, 4.69) is 25.8 Å². The van der Waals surface area contributed by atoms with Crippen LogP contribution in [0.3, 0.4) is 0 Å². The maximum absolute atomic E-state index is 12.4. The summed E-state index contributed by atoms with van der Waals surface area (Å²) in [7, 11) is 0. The smallest absolute Gasteiger partial charge is 0.252 e. The van der Waals surface area contributed by atoms with Gasteiger partial charge in [-0.1, -0.05) is 108 Å². The summed E-state index contributed by atoms with van der Waals surface area (Å²) in [6.45, 7) is 1.82. The summed E-state index contributed by atoms with van der Waals surface area (Å²) < 4.78 is 0. The van der Waals surface area contributed by atoms with Gasteiger partial charge in [-0.2, -0.15) is 5.11 Å². The van der Waals surface area contributed by atoms with Crippen molar-refractivity contribution in [1.82, 2.24) is 15.6 Å². The molecule has 1 aromatic heterocycles. The van der Waals surface area contributed by atoms with Gasteiger partial charge in [0.15, 0.2) is 5.82 Å². The molecular weight excluding hydrogens is 522 g/mol. The van der Waals surface area contributed by atoms with Gasteiger partial charge in [-0.25, -0.2) is 4.98 Å². The molecule has 0 unspecified atom stereocenters. The fraction of sp³-hybridized carbons (Fsp3) is 0.629. The summed E-state index contributed by atoms with van der Waals surface area (Å²) in [5.41, 5.74) is 2.17. The van der Waals surface area contributed by atoms with Gasteiger partial charge in [0.25, 0.3) is 11.8 Å². The van der Waals surface area contributed by atoms with E-state index in [1.165, 1.54) is 96.3 Å². The fourth-order valence-electron chi connectivity index (χ4n) is 6.38. The summed E-state index contributed by atoms with van der Waals surface area (Å²) in [5, 5.41) is 14.5. The molecule has 2 fully saturated rings. The monoisotopic (exact) mass is 573 g/mol. The zero-order valence-corrected chi connectivity index (χ0v) is 25.5. The van der Waals surface area contributed by atoms with Crippen molar-refractivity contribution in [2.45, 2.75) is 116 Å². The largest absolute Gasteiger partial charge is 0.352 e. The normalized spacial score (nSPS) is 15.9. The second-order valence-corrected chi connectivity index (χ2v) is 12.4. The number of hydrogen-bond donors (Lipinski definition) is 2. The Balaban J connectivity index is 1.05. The Bertz CT molecular complexity index is 1090. The summed E-state index contributed by atoms with van der Waals surface area (Å²) in [4.78, 5) is 29.1. The lowest BCUT2D eigenvalue weighted by molar-refractivity contribution is 0.0944. The van der Waals surface area contributed by atoms with Gasteiger partial charge in [0.05, 0.1) is 12.1 Å². The predicted octanol–water partition coefficient (Wildman–Crippen LogP) is 8.72. The number of pyridine rings is 1. The second kappa shape index (κ2) is 18.4. The zero-order chi connectivity index (χ0) is 29.2. The molecule has 0 saturated heterocycles. The number of hydrogen-bond acceptors (Lipinski definition) is 5. The van der Waals surface area contributed by atoms with Crippen LogP contribution >= 0.6 is 0 Å². The van der Waals surface area contributed by atoms with E-state index in [1.54, 1.807) is 18.3 Å². The third-order valence-electron chi connectivity index (χ3n) is 9.00. The Morgan fingerprint density at radius 2 is 1.19 bits per heavy atom. The van der Waals surface area contributed by atoms with Crippen LogP contribution in [0.25, 0.3) is 0 Å². The molecule has 0 bridgehead atoms. The molecule has 1 heterocycles. The Hall–Kier alpha value is -3.09. The van der Waals surface area contributed by atoms with Crippen LogP contribution in [0.15, 0.2) is 52.8 Å². The molecule has 2 aromatic rings. The highest BCUT2D eigenvalue weighted by molar-refractivity contribution is 5.94. The van der Waals surface area contributed by atoms with Gasteiger partial charge in [0.1, 0.15) is 0 Å². The van der Waals surface area contributed by atoms with Gasteiger partial charge in [-0.05, 0) is 54.5 Å². The third-order valence-corrected chi connectivity index (χ3v) is 9.00. The Labute approximate surface area is 252 Å². The maximum atomic E-state index is 12.4. The van der Waals surface area contributed by atoms with Crippen molar-refractivity contribution in [1.29, 1.82) is 0 Å². The van der Waals surface area contributed by atoms with Crippen molar-refractivity contribution in [3.05, 3.63) is 59.3 Å². The van der Waals surface area contributed by atoms with E-state index < -0.39 is 0 Å². The Morgan fingerprint density at radius 1 is 0.667 bits per heavy atom. The van der Waals surface area contributed by atoms with E-state index in [4.69, 9.17) is 0 Å². The van der Waals surface area contributed by atoms with Crippen LogP contribution in [0.2, 0.25) is 0 Å². The summed E-state index contributed by atoms with van der Waals surface area (Å²) in [6, 6.07) is 10.9. The number of aromatic nitrogens is 1. The number of benzene rings is 1. The zero-order valence-electron chi connectivity index (χ0n) is 25.5. The standard InChI is InChI=1S/C35H51N5O2/c41-34(36-25-11-3-5-13-29-16-8-9-17-29)31-20-18-30(19-21-31)26-39-40-33-23-22-32(27-38-33)35(42)37-24-10-2-1-4-12-28-14-6-7-15-28/h18-23,27-29H,1-17,24-26H2,(H,36,41)(H,37,42). The molecule has 42 heavy (non-hydrogen) atoms. The number of amides is 2. The molecule has 2 aliphatic rings. The Morgan fingerprint density at radius 3 is 1.76 bits per heavy atom. The molecule has 1 aromatic carbocycles. The minimum absolute atomic E-state index is 0.0261. The number of rotatable bonds is 18. The van der Waals surface area contributed by atoms with Crippen LogP contribution in [0.5, 0.6) is 0 Å². The molecule has 7 heteroatoms. The van der Waals surface area contributed by atoms with Crippen LogP contribution in [0, 0.1) is 11.8 Å². The van der Waals surface area contributed by atoms with Crippen molar-refractivity contribution in [3.63, 3.8) is 0 Å². The Kier molecular flexibility index (Phi) is 14.0. The average Bonchev–Trinajstić information content (AvgIpc) is 3.74. The first-order valence-corrected chi connectivity index (χ1v) is 16.7. The molecule has 2 amide bonds. The minimum Gasteiger partial charge on any atom is -0.352 e. The number of nitrogens with zero attached hydrogens (tertiary/aromatic N) is 3. The van der Waals surface area contributed by atoms with E-state index in [-0.39, 0.29) is 11.8 Å². The highest BCUT2D eigenvalue weighted by Crippen LogP contribution is 2.30. The molecule has 0 atom stereocenters. The molecule has 0 aliphatic heterocycles. The van der Waals surface area contributed by atoms with Crippen LogP contribution in [0.1, 0.15) is 135 Å². The maximum Gasteiger partial charge on any atom is 0.252 e. The fourth-order valence-corrected chi connectivity index (χ4v) is 6.38. The average molecular weight is 574 g/mol. The third kappa shape index (κ3) is 11.7. The van der Waals surface area contributed by atoms with Crippen molar-refractivity contribution in [2.75, 3.05) is 13.1 Å². The number of nitrogens with one attached hydrogen (secondary N) is 2. The van der Waals surface area contributed by atoms with Crippen molar-refractivity contribution < 1.29 is 9.59 Å². The quantitative estimate of drug-likeness (QED) is 0.138. The van der Waals surface area contributed by atoms with Gasteiger partial charge >= 0.3 is 0 Å². The molecule has 2 N–H and O–H groups in total. The first-order chi connectivity index (χ1) is 20.7. The predicted molar refractivity (Wildman–Crippen MR) is 169 cm³/mol. The SMILES string of the molecule is O=C(NCCCCCCC1CCCC1)c1ccc(N=NCc2ccc(C(=O)NCCCCCC3CCCC3)cc2)nc1. The van der Waals surface area contributed by atoms with Crippen molar-refractivity contribution in [3.8, 4) is 0 Å². The lowest BCUT2D eigenvalue weighted by Gasteiger charge is -2.09.